The minimum Gasteiger partial charge on any atom is -0.394 e. The van der Waals surface area contributed by atoms with Crippen LogP contribution in [0, 0.1) is 0 Å². The molecule has 0 aliphatic rings. The van der Waals surface area contributed by atoms with Gasteiger partial charge in [0, 0.05) is 0 Å². The molecule has 0 bridgehead atoms. The Hall–Kier alpha value is -1.73. The summed E-state index contributed by atoms with van der Waals surface area (Å²) < 4.78 is 0. The summed E-state index contributed by atoms with van der Waals surface area (Å²) in [4.78, 5) is 12.6. The Bertz CT molecular complexity index is 1070. The molecule has 0 radical (unpaired) electrons. The molecule has 0 heterocycles. The quantitative estimate of drug-likeness (QED) is 0.0308. The average molecular weight is 915 g/mol. The van der Waals surface area contributed by atoms with Crippen LogP contribution in [-0.2, 0) is 4.79 Å². The highest BCUT2D eigenvalue weighted by molar-refractivity contribution is 5.80. The van der Waals surface area contributed by atoms with Gasteiger partial charge in [-0.2, -0.15) is 0 Å². The lowest BCUT2D eigenvalue weighted by atomic mass is 10.00. The molecule has 4 unspecified atom stereocenters. The molecular weight excluding hydrogens is 803 g/mol. The first-order valence-corrected chi connectivity index (χ1v) is 28.5. The predicted molar refractivity (Wildman–Crippen MR) is 283 cm³/mol. The van der Waals surface area contributed by atoms with Gasteiger partial charge in [0.1, 0.15) is 12.2 Å². The highest BCUT2D eigenvalue weighted by Crippen LogP contribution is 2.17. The van der Waals surface area contributed by atoms with Crippen LogP contribution in [0.3, 0.4) is 0 Å². The molecule has 4 atom stereocenters. The Kier molecular flexibility index (Phi) is 51.8. The van der Waals surface area contributed by atoms with Crippen molar-refractivity contribution in [2.75, 3.05) is 6.61 Å². The lowest BCUT2D eigenvalue weighted by Crippen LogP contribution is -2.53. The molecule has 6 heteroatoms. The molecule has 0 spiro atoms. The molecule has 0 aromatic rings. The van der Waals surface area contributed by atoms with Crippen LogP contribution in [0.15, 0.2) is 48.6 Å². The number of hydrogen-bond acceptors (Lipinski definition) is 5. The Morgan fingerprint density at radius 1 is 0.369 bits per heavy atom. The van der Waals surface area contributed by atoms with E-state index in [1.807, 2.05) is 0 Å². The van der Waals surface area contributed by atoms with Crippen molar-refractivity contribution in [1.82, 2.24) is 5.32 Å². The van der Waals surface area contributed by atoms with Crippen LogP contribution in [0.1, 0.15) is 290 Å². The second-order valence-corrected chi connectivity index (χ2v) is 19.6. The van der Waals surface area contributed by atoms with Crippen molar-refractivity contribution >= 4 is 5.91 Å². The molecule has 0 aromatic heterocycles. The number of nitrogens with one attached hydrogen (secondary N) is 1. The first-order valence-electron chi connectivity index (χ1n) is 28.5. The van der Waals surface area contributed by atoms with Crippen LogP contribution < -0.4 is 5.32 Å². The summed E-state index contributed by atoms with van der Waals surface area (Å²) in [5, 5.41) is 43.8. The van der Waals surface area contributed by atoms with E-state index in [1.54, 1.807) is 0 Å². The average Bonchev–Trinajstić information content (AvgIpc) is 3.31. The van der Waals surface area contributed by atoms with Gasteiger partial charge in [-0.1, -0.05) is 255 Å². The maximum atomic E-state index is 12.6. The van der Waals surface area contributed by atoms with Crippen molar-refractivity contribution in [3.8, 4) is 0 Å². The van der Waals surface area contributed by atoms with Crippen LogP contribution in [0.2, 0.25) is 0 Å². The molecule has 0 fully saturated rings. The van der Waals surface area contributed by atoms with E-state index in [9.17, 15) is 25.2 Å². The van der Waals surface area contributed by atoms with Gasteiger partial charge in [0.05, 0.1) is 18.8 Å². The molecule has 0 aromatic carbocycles. The number of carbonyl (C=O) groups excluding carboxylic acids is 1. The van der Waals surface area contributed by atoms with Crippen LogP contribution in [0.4, 0.5) is 0 Å². The maximum absolute atomic E-state index is 12.6. The fourth-order valence-electron chi connectivity index (χ4n) is 8.71. The van der Waals surface area contributed by atoms with Gasteiger partial charge in [-0.25, -0.2) is 0 Å². The lowest BCUT2D eigenvalue weighted by Gasteiger charge is -2.27. The van der Waals surface area contributed by atoms with Crippen molar-refractivity contribution < 1.29 is 25.2 Å². The lowest BCUT2D eigenvalue weighted by molar-refractivity contribution is -0.132. The summed E-state index contributed by atoms with van der Waals surface area (Å²) in [5.74, 6) is -0.598. The molecule has 0 saturated carbocycles. The zero-order valence-corrected chi connectivity index (χ0v) is 43.2. The number of amides is 1. The topological polar surface area (TPSA) is 110 Å². The summed E-state index contributed by atoms with van der Waals surface area (Å²) in [5.41, 5.74) is 0. The summed E-state index contributed by atoms with van der Waals surface area (Å²) in [6, 6.07) is -1.01. The van der Waals surface area contributed by atoms with Gasteiger partial charge in [0.25, 0.3) is 0 Å². The smallest absolute Gasteiger partial charge is 0.249 e. The highest BCUT2D eigenvalue weighted by Gasteiger charge is 2.28. The van der Waals surface area contributed by atoms with E-state index in [4.69, 9.17) is 0 Å². The minimum absolute atomic E-state index is 0.359. The zero-order valence-electron chi connectivity index (χ0n) is 43.2. The van der Waals surface area contributed by atoms with E-state index in [0.717, 1.165) is 51.4 Å². The van der Waals surface area contributed by atoms with Gasteiger partial charge in [-0.15, -0.1) is 0 Å². The third-order valence-corrected chi connectivity index (χ3v) is 13.2. The summed E-state index contributed by atoms with van der Waals surface area (Å²) in [6.07, 6.45) is 67.7. The Morgan fingerprint density at radius 2 is 0.662 bits per heavy atom. The van der Waals surface area contributed by atoms with Crippen molar-refractivity contribution in [2.45, 2.75) is 314 Å². The molecule has 1 amide bonds. The predicted octanol–water partition coefficient (Wildman–Crippen LogP) is 16.6. The number of aliphatic hydroxyl groups is 4. The number of aliphatic hydroxyl groups excluding tert-OH is 4. The summed E-state index contributed by atoms with van der Waals surface area (Å²) in [7, 11) is 0. The standard InChI is InChI=1S/C59H111NO5/c1-3-5-7-9-11-13-15-17-19-20-21-22-23-24-25-26-27-28-29-30-31-32-33-34-35-36-37-39-41-43-45-47-49-51-53-57(63)59(65)60-55(54-61)58(64)56(62)52-50-48-46-44-42-40-38-18-16-14-12-10-8-6-4-2/h10,12,18,26-27,38,44,46,55-58,61-64H,3-9,11,13-17,19-25,28-37,39-43,45,47-54H2,1-2H3,(H,60,65)/b12-10+,27-26-,38-18+,46-44+. The first-order chi connectivity index (χ1) is 32.0. The van der Waals surface area contributed by atoms with Crippen molar-refractivity contribution in [2.24, 2.45) is 0 Å². The van der Waals surface area contributed by atoms with Crippen molar-refractivity contribution in [3.63, 3.8) is 0 Å². The SMILES string of the molecule is CCCC/C=C/CC/C=C/CC/C=C/CCCC(O)C(O)C(CO)NC(=O)C(O)CCCCCCCCCCCCCCCCCC/C=C\CCCCCCCCCCCCCCCC. The highest BCUT2D eigenvalue weighted by atomic mass is 16.3. The molecule has 6 nitrogen and oxygen atoms in total. The van der Waals surface area contributed by atoms with E-state index < -0.39 is 36.9 Å². The number of allylic oxidation sites excluding steroid dienone is 8. The number of unbranched alkanes of at least 4 members (excludes halogenated alkanes) is 35. The van der Waals surface area contributed by atoms with Gasteiger partial charge in [0.15, 0.2) is 0 Å². The molecule has 0 aliphatic heterocycles. The monoisotopic (exact) mass is 914 g/mol. The summed E-state index contributed by atoms with van der Waals surface area (Å²) in [6.45, 7) is 4.01. The molecule has 0 aliphatic carbocycles. The van der Waals surface area contributed by atoms with Crippen molar-refractivity contribution in [1.29, 1.82) is 0 Å². The first kappa shape index (κ1) is 63.3. The van der Waals surface area contributed by atoms with Crippen LogP contribution in [0.5, 0.6) is 0 Å². The second-order valence-electron chi connectivity index (χ2n) is 19.6. The van der Waals surface area contributed by atoms with E-state index >= 15 is 0 Å². The number of carbonyl (C=O) groups is 1. The third-order valence-electron chi connectivity index (χ3n) is 13.2. The molecule has 382 valence electrons. The molecule has 65 heavy (non-hydrogen) atoms. The zero-order chi connectivity index (χ0) is 47.4. The van der Waals surface area contributed by atoms with Gasteiger partial charge < -0.3 is 25.7 Å². The van der Waals surface area contributed by atoms with Gasteiger partial charge in [-0.05, 0) is 83.5 Å². The van der Waals surface area contributed by atoms with Gasteiger partial charge in [0.2, 0.25) is 5.91 Å². The van der Waals surface area contributed by atoms with E-state index in [-0.39, 0.29) is 0 Å². The fraction of sp³-hybridized carbons (Fsp3) is 0.847. The molecule has 5 N–H and O–H groups in total. The maximum Gasteiger partial charge on any atom is 0.249 e. The third kappa shape index (κ3) is 47.1. The normalized spacial score (nSPS) is 14.1. The van der Waals surface area contributed by atoms with Gasteiger partial charge in [-0.3, -0.25) is 4.79 Å². The second kappa shape index (κ2) is 53.2. The minimum atomic E-state index is -1.29. The fourth-order valence-corrected chi connectivity index (χ4v) is 8.71. The van der Waals surface area contributed by atoms with E-state index in [2.05, 4.69) is 67.8 Å². The van der Waals surface area contributed by atoms with Gasteiger partial charge >= 0.3 is 0 Å². The largest absolute Gasteiger partial charge is 0.394 e. The van der Waals surface area contributed by atoms with Crippen molar-refractivity contribution in [3.05, 3.63) is 48.6 Å². The Labute approximate surface area is 404 Å². The number of rotatable bonds is 52. The Balaban J connectivity index is 3.58. The van der Waals surface area contributed by atoms with Crippen LogP contribution in [-0.4, -0.2) is 57.3 Å². The van der Waals surface area contributed by atoms with E-state index in [0.29, 0.717) is 19.3 Å². The van der Waals surface area contributed by atoms with Crippen LogP contribution >= 0.6 is 0 Å². The van der Waals surface area contributed by atoms with Crippen LogP contribution in [0.25, 0.3) is 0 Å². The molecule has 0 rings (SSSR count). The molecule has 0 saturated heterocycles. The van der Waals surface area contributed by atoms with E-state index in [1.165, 1.54) is 205 Å². The Morgan fingerprint density at radius 3 is 1.02 bits per heavy atom. The summed E-state index contributed by atoms with van der Waals surface area (Å²) >= 11 is 0. The number of hydrogen-bond donors (Lipinski definition) is 5. The molecular formula is C59H111NO5.